The van der Waals surface area contributed by atoms with E-state index < -0.39 is 18.4 Å². The third kappa shape index (κ3) is 5.19. The molecule has 0 unspecified atom stereocenters. The van der Waals surface area contributed by atoms with E-state index in [9.17, 15) is 5.11 Å². The normalized spacial score (nSPS) is 11.8. The molecule has 2 aromatic rings. The Morgan fingerprint density at radius 2 is 1.42 bits per heavy atom. The molecule has 1 aromatic carbocycles. The summed E-state index contributed by atoms with van der Waals surface area (Å²) in [6.45, 7) is 6.86. The Morgan fingerprint density at radius 1 is 0.923 bits per heavy atom. The van der Waals surface area contributed by atoms with Gasteiger partial charge in [-0.15, -0.1) is 0 Å². The molecule has 144 valence electrons. The molecule has 0 aliphatic rings. The van der Waals surface area contributed by atoms with Gasteiger partial charge in [-0.1, -0.05) is 0 Å². The molecule has 1 aromatic heterocycles. The summed E-state index contributed by atoms with van der Waals surface area (Å²) in [4.78, 5) is 0. The number of hydrogen-bond acceptors (Lipinski definition) is 2. The Bertz CT molecular complexity index is 647. The van der Waals surface area contributed by atoms with Crippen LogP contribution in [0.1, 0.15) is 59.3 Å². The topological polar surface area (TPSA) is 38.0 Å². The number of aromatic hydroxyl groups is 1. The molecule has 1 heterocycles. The van der Waals surface area contributed by atoms with Gasteiger partial charge in [-0.25, -0.2) is 0 Å². The van der Waals surface area contributed by atoms with Crippen LogP contribution >= 0.6 is 11.6 Å². The van der Waals surface area contributed by atoms with Gasteiger partial charge < -0.3 is 0 Å². The molecule has 0 amide bonds. The van der Waals surface area contributed by atoms with Crippen molar-refractivity contribution >= 4 is 33.7 Å². The summed E-state index contributed by atoms with van der Waals surface area (Å²) in [5.74, 6) is 0.284. The Morgan fingerprint density at radius 3 is 1.88 bits per heavy atom. The standard InChI is InChI=1S/C9H6ClN2O.3C4H9.Sn/c10-7-5-11-12(6-7)8-1-3-9(13)4-2-8;3*1-3-4-2;/h1-5,13H;3*1,3-4H2,2H3;. The molecule has 2 rings (SSSR count). The van der Waals surface area contributed by atoms with Crippen LogP contribution in [0, 0.1) is 0 Å². The Kier molecular flexibility index (Phi) is 8.81. The number of nitrogens with zero attached hydrogens (tertiary/aromatic N) is 2. The van der Waals surface area contributed by atoms with Gasteiger partial charge in [0.15, 0.2) is 0 Å². The summed E-state index contributed by atoms with van der Waals surface area (Å²) < 4.78 is 7.53. The first-order valence-electron chi connectivity index (χ1n) is 10.1. The molecule has 1 N–H and O–H groups in total. The second-order valence-corrected chi connectivity index (χ2v) is 20.7. The third-order valence-corrected chi connectivity index (χ3v) is 21.5. The second-order valence-electron chi connectivity index (χ2n) is 7.36. The average molecular weight is 484 g/mol. The predicted octanol–water partition coefficient (Wildman–Crippen LogP) is 6.29. The van der Waals surface area contributed by atoms with Crippen molar-refractivity contribution in [2.24, 2.45) is 0 Å². The molecule has 26 heavy (non-hydrogen) atoms. The predicted molar refractivity (Wildman–Crippen MR) is 115 cm³/mol. The number of phenols is 1. The molecular weight excluding hydrogens is 450 g/mol. The Labute approximate surface area is 167 Å². The van der Waals surface area contributed by atoms with Gasteiger partial charge in [0, 0.05) is 0 Å². The number of unbranched alkanes of at least 4 members (excludes halogenated alkanes) is 3. The van der Waals surface area contributed by atoms with Crippen molar-refractivity contribution in [1.29, 1.82) is 0 Å². The number of rotatable bonds is 11. The first-order chi connectivity index (χ1) is 12.6. The quantitative estimate of drug-likeness (QED) is 0.382. The molecule has 3 nitrogen and oxygen atoms in total. The number of hydrogen-bond donors (Lipinski definition) is 1. The maximum atomic E-state index is 9.64. The van der Waals surface area contributed by atoms with Crippen LogP contribution in [0.2, 0.25) is 18.3 Å². The van der Waals surface area contributed by atoms with Crippen LogP contribution in [0.4, 0.5) is 0 Å². The summed E-state index contributed by atoms with van der Waals surface area (Å²) in [6, 6.07) is 7.35. The summed E-state index contributed by atoms with van der Waals surface area (Å²) in [6.07, 6.45) is 9.42. The van der Waals surface area contributed by atoms with Crippen LogP contribution in [-0.4, -0.2) is 33.3 Å². The first-order valence-corrected chi connectivity index (χ1v) is 18.0. The molecule has 0 fully saturated rings. The Hall–Kier alpha value is -0.681. The minimum absolute atomic E-state index is 0.284. The van der Waals surface area contributed by atoms with Crippen LogP contribution in [0.25, 0.3) is 5.69 Å². The number of aromatic nitrogens is 2. The molecule has 0 atom stereocenters. The third-order valence-electron chi connectivity index (χ3n) is 5.35. The van der Waals surface area contributed by atoms with Crippen molar-refractivity contribution in [3.05, 3.63) is 35.5 Å². The van der Waals surface area contributed by atoms with E-state index in [4.69, 9.17) is 11.6 Å². The van der Waals surface area contributed by atoms with Gasteiger partial charge in [-0.05, 0) is 0 Å². The zero-order chi connectivity index (χ0) is 19.0. The van der Waals surface area contributed by atoms with E-state index in [0.29, 0.717) is 0 Å². The van der Waals surface area contributed by atoms with E-state index in [1.54, 1.807) is 12.1 Å². The summed E-state index contributed by atoms with van der Waals surface area (Å²) in [7, 11) is 0. The number of benzene rings is 1. The van der Waals surface area contributed by atoms with E-state index in [-0.39, 0.29) is 5.75 Å². The van der Waals surface area contributed by atoms with Crippen molar-refractivity contribution in [3.63, 3.8) is 0 Å². The van der Waals surface area contributed by atoms with Crippen LogP contribution in [-0.2, 0) is 0 Å². The van der Waals surface area contributed by atoms with E-state index in [0.717, 1.165) is 10.7 Å². The SMILES string of the molecule is CCC[CH2][Sn]([CH2]CCC)([CH2]CCC)[c]1c(Cl)cnn1-c1ccc(O)cc1. The van der Waals surface area contributed by atoms with Crippen molar-refractivity contribution < 1.29 is 5.11 Å². The number of phenolic OH excluding ortho intramolecular Hbond substituents is 1. The fourth-order valence-electron chi connectivity index (χ4n) is 3.87. The first kappa shape index (κ1) is 21.6. The zero-order valence-electron chi connectivity index (χ0n) is 16.5. The van der Waals surface area contributed by atoms with Crippen molar-refractivity contribution in [1.82, 2.24) is 9.78 Å². The molecule has 5 heteroatoms. The van der Waals surface area contributed by atoms with Gasteiger partial charge in [0.25, 0.3) is 0 Å². The monoisotopic (exact) mass is 484 g/mol. The van der Waals surface area contributed by atoms with E-state index in [1.165, 1.54) is 55.5 Å². The molecule has 0 spiro atoms. The van der Waals surface area contributed by atoms with Gasteiger partial charge in [0.05, 0.1) is 0 Å². The summed E-state index contributed by atoms with van der Waals surface area (Å²) >= 11 is 4.07. The fraction of sp³-hybridized carbons (Fsp3) is 0.571. The van der Waals surface area contributed by atoms with Crippen LogP contribution in [0.3, 0.4) is 0 Å². The van der Waals surface area contributed by atoms with Gasteiger partial charge in [-0.2, -0.15) is 0 Å². The maximum absolute atomic E-state index is 9.64. The van der Waals surface area contributed by atoms with Crippen molar-refractivity contribution in [3.8, 4) is 11.4 Å². The molecule has 0 saturated carbocycles. The summed E-state index contributed by atoms with van der Waals surface area (Å²) in [5.41, 5.74) is 1.01. The van der Waals surface area contributed by atoms with Crippen LogP contribution < -0.4 is 3.71 Å². The summed E-state index contributed by atoms with van der Waals surface area (Å²) in [5, 5.41) is 15.2. The van der Waals surface area contributed by atoms with E-state index in [1.807, 2.05) is 18.3 Å². The van der Waals surface area contributed by atoms with Gasteiger partial charge in [0.1, 0.15) is 0 Å². The molecular formula is C21H33ClN2OSn. The van der Waals surface area contributed by atoms with Crippen molar-refractivity contribution in [2.75, 3.05) is 0 Å². The zero-order valence-corrected chi connectivity index (χ0v) is 20.1. The van der Waals surface area contributed by atoms with Crippen molar-refractivity contribution in [2.45, 2.75) is 72.6 Å². The number of halogens is 1. The molecule has 0 aliphatic carbocycles. The van der Waals surface area contributed by atoms with Gasteiger partial charge in [-0.3, -0.25) is 0 Å². The van der Waals surface area contributed by atoms with Gasteiger partial charge in [0.2, 0.25) is 0 Å². The van der Waals surface area contributed by atoms with E-state index >= 15 is 0 Å². The van der Waals surface area contributed by atoms with Crippen LogP contribution in [0.5, 0.6) is 5.75 Å². The molecule has 0 bridgehead atoms. The Balaban J connectivity index is 2.54. The minimum atomic E-state index is -2.70. The van der Waals surface area contributed by atoms with Crippen LogP contribution in [0.15, 0.2) is 30.5 Å². The molecule has 0 saturated heterocycles. The second kappa shape index (κ2) is 10.6. The molecule has 0 aliphatic heterocycles. The van der Waals surface area contributed by atoms with Gasteiger partial charge >= 0.3 is 168 Å². The van der Waals surface area contributed by atoms with E-state index in [2.05, 4.69) is 30.6 Å². The fourth-order valence-corrected chi connectivity index (χ4v) is 21.8. The molecule has 0 radical (unpaired) electrons. The average Bonchev–Trinajstić information content (AvgIpc) is 3.04.